The van der Waals surface area contributed by atoms with Crippen LogP contribution in [0.25, 0.3) is 0 Å². The summed E-state index contributed by atoms with van der Waals surface area (Å²) in [5, 5.41) is 12.0. The molecule has 1 aromatic carbocycles. The minimum absolute atomic E-state index is 0.0621. The molecule has 0 aromatic heterocycles. The van der Waals surface area contributed by atoms with E-state index >= 15 is 0 Å². The third kappa shape index (κ3) is 2.09. The summed E-state index contributed by atoms with van der Waals surface area (Å²) in [6, 6.07) is 8.08. The van der Waals surface area contributed by atoms with Crippen LogP contribution in [0.3, 0.4) is 0 Å². The quantitative estimate of drug-likeness (QED) is 0.884. The molecule has 0 radical (unpaired) electrons. The van der Waals surface area contributed by atoms with Gasteiger partial charge in [0.15, 0.2) is 0 Å². The Morgan fingerprint density at radius 3 is 2.55 bits per heavy atom. The minimum atomic E-state index is -0.990. The van der Waals surface area contributed by atoms with Gasteiger partial charge in [0.1, 0.15) is 5.54 Å². The Morgan fingerprint density at radius 2 is 2.00 bits per heavy atom. The molecule has 2 aliphatic rings. The first-order valence-electron chi connectivity index (χ1n) is 7.14. The molecule has 20 heavy (non-hydrogen) atoms. The number of hydrogen-bond acceptors (Lipinski definition) is 2. The fourth-order valence-corrected chi connectivity index (χ4v) is 3.08. The van der Waals surface area contributed by atoms with Crippen molar-refractivity contribution in [2.45, 2.75) is 44.1 Å². The maximum Gasteiger partial charge on any atom is 0.329 e. The van der Waals surface area contributed by atoms with Crippen molar-refractivity contribution in [1.29, 1.82) is 0 Å². The highest BCUT2D eigenvalue weighted by Gasteiger charge is 2.51. The van der Waals surface area contributed by atoms with Crippen LogP contribution in [0.15, 0.2) is 24.3 Å². The standard InChI is InChI=1S/C16H19NO3/c1-10-5-2-3-6-11(10)12-9-13(12)14(18)17-16(15(19)20)7-4-8-16/h2-3,5-6,12-13H,4,7-9H2,1H3,(H,17,18)(H,19,20)/t12-,13-/m0/s1. The van der Waals surface area contributed by atoms with E-state index in [1.54, 1.807) is 0 Å². The Hall–Kier alpha value is -1.84. The molecule has 0 spiro atoms. The van der Waals surface area contributed by atoms with Crippen LogP contribution in [0.1, 0.15) is 42.7 Å². The summed E-state index contributed by atoms with van der Waals surface area (Å²) in [5.74, 6) is -0.805. The zero-order valence-electron chi connectivity index (χ0n) is 11.6. The number of amides is 1. The minimum Gasteiger partial charge on any atom is -0.480 e. The van der Waals surface area contributed by atoms with Crippen molar-refractivity contribution in [2.24, 2.45) is 5.92 Å². The van der Waals surface area contributed by atoms with Crippen LogP contribution >= 0.6 is 0 Å². The van der Waals surface area contributed by atoms with Gasteiger partial charge in [0.05, 0.1) is 0 Å². The number of benzene rings is 1. The van der Waals surface area contributed by atoms with E-state index in [2.05, 4.69) is 11.4 Å². The van der Waals surface area contributed by atoms with Crippen LogP contribution in [-0.4, -0.2) is 22.5 Å². The fraction of sp³-hybridized carbons (Fsp3) is 0.500. The zero-order valence-corrected chi connectivity index (χ0v) is 11.6. The van der Waals surface area contributed by atoms with Gasteiger partial charge in [-0.3, -0.25) is 4.79 Å². The molecule has 0 heterocycles. The highest BCUT2D eigenvalue weighted by Crippen LogP contribution is 2.49. The summed E-state index contributed by atoms with van der Waals surface area (Å²) in [4.78, 5) is 23.5. The first-order chi connectivity index (χ1) is 9.53. The van der Waals surface area contributed by atoms with Gasteiger partial charge in [-0.1, -0.05) is 24.3 Å². The van der Waals surface area contributed by atoms with Gasteiger partial charge in [-0.15, -0.1) is 0 Å². The lowest BCUT2D eigenvalue weighted by Gasteiger charge is -2.38. The maximum atomic E-state index is 12.2. The lowest BCUT2D eigenvalue weighted by Crippen LogP contribution is -2.59. The summed E-state index contributed by atoms with van der Waals surface area (Å²) in [6.07, 6.45) is 2.80. The molecule has 0 unspecified atom stereocenters. The first kappa shape index (κ1) is 13.2. The smallest absolute Gasteiger partial charge is 0.329 e. The van der Waals surface area contributed by atoms with Gasteiger partial charge in [0.25, 0.3) is 0 Å². The zero-order chi connectivity index (χ0) is 14.3. The predicted octanol–water partition coefficient (Wildman–Crippen LogP) is 2.22. The van der Waals surface area contributed by atoms with Crippen LogP contribution in [-0.2, 0) is 9.59 Å². The highest BCUT2D eigenvalue weighted by atomic mass is 16.4. The van der Waals surface area contributed by atoms with Gasteiger partial charge >= 0.3 is 5.97 Å². The van der Waals surface area contributed by atoms with Crippen LogP contribution in [0, 0.1) is 12.8 Å². The molecule has 0 aliphatic heterocycles. The number of hydrogen-bond donors (Lipinski definition) is 2. The Balaban J connectivity index is 1.66. The predicted molar refractivity (Wildman–Crippen MR) is 74.4 cm³/mol. The second-order valence-electron chi connectivity index (χ2n) is 6.04. The highest BCUT2D eigenvalue weighted by molar-refractivity contribution is 5.90. The van der Waals surface area contributed by atoms with Crippen molar-refractivity contribution in [2.75, 3.05) is 0 Å². The lowest BCUT2D eigenvalue weighted by molar-refractivity contribution is -0.152. The summed E-state index contributed by atoms with van der Waals surface area (Å²) in [7, 11) is 0. The lowest BCUT2D eigenvalue weighted by atomic mass is 9.76. The molecule has 1 aromatic rings. The van der Waals surface area contributed by atoms with Crippen LogP contribution in [0.2, 0.25) is 0 Å². The second kappa shape index (κ2) is 4.62. The van der Waals surface area contributed by atoms with Crippen molar-refractivity contribution in [1.82, 2.24) is 5.32 Å². The van der Waals surface area contributed by atoms with Gasteiger partial charge in [0.2, 0.25) is 5.91 Å². The van der Waals surface area contributed by atoms with Gasteiger partial charge in [0, 0.05) is 5.92 Å². The van der Waals surface area contributed by atoms with E-state index in [0.29, 0.717) is 12.8 Å². The van der Waals surface area contributed by atoms with E-state index in [1.165, 1.54) is 11.1 Å². The van der Waals surface area contributed by atoms with Crippen molar-refractivity contribution >= 4 is 11.9 Å². The molecule has 2 fully saturated rings. The summed E-state index contributed by atoms with van der Waals surface area (Å²) < 4.78 is 0. The summed E-state index contributed by atoms with van der Waals surface area (Å²) >= 11 is 0. The second-order valence-corrected chi connectivity index (χ2v) is 6.04. The van der Waals surface area contributed by atoms with E-state index in [1.807, 2.05) is 25.1 Å². The molecule has 4 nitrogen and oxygen atoms in total. The topological polar surface area (TPSA) is 66.4 Å². The molecule has 0 saturated heterocycles. The van der Waals surface area contributed by atoms with Gasteiger partial charge in [-0.05, 0) is 49.7 Å². The number of aliphatic carboxylic acids is 1. The average Bonchev–Trinajstić information content (AvgIpc) is 3.13. The number of aryl methyl sites for hydroxylation is 1. The molecule has 4 heteroatoms. The molecule has 2 saturated carbocycles. The molecule has 2 atom stereocenters. The average molecular weight is 273 g/mol. The van der Waals surface area contributed by atoms with E-state index in [0.717, 1.165) is 12.8 Å². The summed E-state index contributed by atoms with van der Waals surface area (Å²) in [6.45, 7) is 2.05. The molecule has 3 rings (SSSR count). The number of carbonyl (C=O) groups excluding carboxylic acids is 1. The Kier molecular flexibility index (Phi) is 3.04. The van der Waals surface area contributed by atoms with Crippen LogP contribution < -0.4 is 5.32 Å². The van der Waals surface area contributed by atoms with Crippen LogP contribution in [0.5, 0.6) is 0 Å². The molecule has 2 aliphatic carbocycles. The molecular formula is C16H19NO3. The van der Waals surface area contributed by atoms with Crippen molar-refractivity contribution in [3.63, 3.8) is 0 Å². The fourth-order valence-electron chi connectivity index (χ4n) is 3.08. The third-order valence-electron chi connectivity index (χ3n) is 4.69. The van der Waals surface area contributed by atoms with Crippen molar-refractivity contribution in [3.05, 3.63) is 35.4 Å². The van der Waals surface area contributed by atoms with Crippen molar-refractivity contribution < 1.29 is 14.7 Å². The SMILES string of the molecule is Cc1ccccc1[C@@H]1C[C@@H]1C(=O)NC1(C(=O)O)CCC1. The monoisotopic (exact) mass is 273 g/mol. The molecule has 0 bridgehead atoms. The van der Waals surface area contributed by atoms with Gasteiger partial charge < -0.3 is 10.4 Å². The summed E-state index contributed by atoms with van der Waals surface area (Å²) in [5.41, 5.74) is 1.42. The Morgan fingerprint density at radius 1 is 1.30 bits per heavy atom. The third-order valence-corrected chi connectivity index (χ3v) is 4.69. The molecule has 106 valence electrons. The van der Waals surface area contributed by atoms with E-state index in [9.17, 15) is 14.7 Å². The van der Waals surface area contributed by atoms with Gasteiger partial charge in [-0.2, -0.15) is 0 Å². The number of carboxylic acids is 1. The maximum absolute atomic E-state index is 12.2. The van der Waals surface area contributed by atoms with E-state index < -0.39 is 11.5 Å². The Bertz CT molecular complexity index is 563. The largest absolute Gasteiger partial charge is 0.480 e. The number of nitrogens with one attached hydrogen (secondary N) is 1. The number of rotatable bonds is 4. The molecular weight excluding hydrogens is 254 g/mol. The van der Waals surface area contributed by atoms with Crippen LogP contribution in [0.4, 0.5) is 0 Å². The Labute approximate surface area is 118 Å². The van der Waals surface area contributed by atoms with Crippen molar-refractivity contribution in [3.8, 4) is 0 Å². The number of carbonyl (C=O) groups is 2. The van der Waals surface area contributed by atoms with E-state index in [4.69, 9.17) is 0 Å². The van der Waals surface area contributed by atoms with E-state index in [-0.39, 0.29) is 17.7 Å². The number of carboxylic acid groups (broad SMARTS) is 1. The first-order valence-corrected chi connectivity index (χ1v) is 7.14. The van der Waals surface area contributed by atoms with Gasteiger partial charge in [-0.25, -0.2) is 4.79 Å². The molecule has 1 amide bonds. The normalized spacial score (nSPS) is 26.4. The molecule has 2 N–H and O–H groups in total.